The maximum absolute atomic E-state index is 13.5. The largest absolute Gasteiger partial charge is 0.304 e. The summed E-state index contributed by atoms with van der Waals surface area (Å²) in [7, 11) is 0. The van der Waals surface area contributed by atoms with Crippen LogP contribution in [0.2, 0.25) is 5.02 Å². The molecule has 1 aliphatic rings. The maximum atomic E-state index is 13.5. The molecule has 0 radical (unpaired) electrons. The van der Waals surface area contributed by atoms with Gasteiger partial charge < -0.3 is 4.84 Å². The van der Waals surface area contributed by atoms with Crippen molar-refractivity contribution in [2.24, 2.45) is 5.90 Å². The molecule has 0 atom stereocenters. The van der Waals surface area contributed by atoms with Crippen LogP contribution in [0, 0.1) is 11.6 Å². The Bertz CT molecular complexity index is 393. The topological polar surface area (TPSA) is 35.2 Å². The van der Waals surface area contributed by atoms with E-state index in [4.69, 9.17) is 17.5 Å². The predicted octanol–water partition coefficient (Wildman–Crippen LogP) is 2.54. The standard InChI is InChI=1S/C10H10ClF2NO/c11-9-7(13)2-1-6(12)8(9)10(3-4-10)5-15-14/h1-2H,3-5,14H2. The maximum Gasteiger partial charge on any atom is 0.142 e. The van der Waals surface area contributed by atoms with E-state index in [0.29, 0.717) is 12.8 Å². The number of hydrogen-bond acceptors (Lipinski definition) is 2. The molecule has 0 amide bonds. The molecule has 15 heavy (non-hydrogen) atoms. The lowest BCUT2D eigenvalue weighted by molar-refractivity contribution is 0.115. The van der Waals surface area contributed by atoms with E-state index < -0.39 is 17.0 Å². The first-order valence-corrected chi connectivity index (χ1v) is 4.94. The highest BCUT2D eigenvalue weighted by molar-refractivity contribution is 6.31. The van der Waals surface area contributed by atoms with Gasteiger partial charge in [0, 0.05) is 11.0 Å². The molecule has 82 valence electrons. The summed E-state index contributed by atoms with van der Waals surface area (Å²) in [4.78, 5) is 4.53. The zero-order chi connectivity index (χ0) is 11.1. The van der Waals surface area contributed by atoms with Crippen LogP contribution in [0.1, 0.15) is 18.4 Å². The molecular formula is C10H10ClF2NO. The first-order chi connectivity index (χ1) is 7.10. The Morgan fingerprint density at radius 2 is 1.93 bits per heavy atom. The van der Waals surface area contributed by atoms with Crippen molar-refractivity contribution in [2.75, 3.05) is 6.61 Å². The van der Waals surface area contributed by atoms with Gasteiger partial charge in [0.1, 0.15) is 11.6 Å². The summed E-state index contributed by atoms with van der Waals surface area (Å²) in [6.07, 6.45) is 1.43. The van der Waals surface area contributed by atoms with Gasteiger partial charge in [-0.2, -0.15) is 0 Å². The van der Waals surface area contributed by atoms with Crippen molar-refractivity contribution < 1.29 is 13.6 Å². The van der Waals surface area contributed by atoms with Gasteiger partial charge >= 0.3 is 0 Å². The van der Waals surface area contributed by atoms with Crippen LogP contribution >= 0.6 is 11.6 Å². The van der Waals surface area contributed by atoms with Crippen molar-refractivity contribution in [3.8, 4) is 0 Å². The summed E-state index contributed by atoms with van der Waals surface area (Å²) in [6, 6.07) is 2.09. The summed E-state index contributed by atoms with van der Waals surface area (Å²) in [6.45, 7) is 0.160. The number of benzene rings is 1. The Labute approximate surface area is 90.9 Å². The number of rotatable bonds is 3. The van der Waals surface area contributed by atoms with E-state index in [1.165, 1.54) is 0 Å². The average molecular weight is 234 g/mol. The molecule has 0 aromatic heterocycles. The van der Waals surface area contributed by atoms with Crippen molar-refractivity contribution in [1.29, 1.82) is 0 Å². The Balaban J connectivity index is 2.47. The van der Waals surface area contributed by atoms with E-state index >= 15 is 0 Å². The summed E-state index contributed by atoms with van der Waals surface area (Å²) < 4.78 is 26.7. The van der Waals surface area contributed by atoms with Crippen molar-refractivity contribution in [3.05, 3.63) is 34.4 Å². The molecule has 1 saturated carbocycles. The van der Waals surface area contributed by atoms with Crippen LogP contribution in [-0.2, 0) is 10.3 Å². The van der Waals surface area contributed by atoms with Crippen LogP contribution in [0.5, 0.6) is 0 Å². The van der Waals surface area contributed by atoms with Gasteiger partial charge in [0.05, 0.1) is 11.6 Å². The van der Waals surface area contributed by atoms with E-state index in [-0.39, 0.29) is 17.2 Å². The fourth-order valence-electron chi connectivity index (χ4n) is 1.79. The molecule has 0 saturated heterocycles. The normalized spacial score (nSPS) is 17.9. The zero-order valence-corrected chi connectivity index (χ0v) is 8.65. The highest BCUT2D eigenvalue weighted by atomic mass is 35.5. The molecule has 0 heterocycles. The number of halogens is 3. The third-order valence-electron chi connectivity index (χ3n) is 2.79. The zero-order valence-electron chi connectivity index (χ0n) is 7.90. The van der Waals surface area contributed by atoms with E-state index in [9.17, 15) is 8.78 Å². The second-order valence-corrected chi connectivity index (χ2v) is 4.19. The Morgan fingerprint density at radius 3 is 2.47 bits per heavy atom. The van der Waals surface area contributed by atoms with Gasteiger partial charge in [-0.1, -0.05) is 11.6 Å². The quantitative estimate of drug-likeness (QED) is 0.643. The summed E-state index contributed by atoms with van der Waals surface area (Å²) in [5.74, 6) is 3.85. The Morgan fingerprint density at radius 1 is 1.33 bits per heavy atom. The molecule has 0 unspecified atom stereocenters. The van der Waals surface area contributed by atoms with Crippen LogP contribution in [0.3, 0.4) is 0 Å². The number of nitrogens with two attached hydrogens (primary N) is 1. The first-order valence-electron chi connectivity index (χ1n) is 4.56. The van der Waals surface area contributed by atoms with Crippen molar-refractivity contribution in [2.45, 2.75) is 18.3 Å². The highest BCUT2D eigenvalue weighted by Gasteiger charge is 2.48. The smallest absolute Gasteiger partial charge is 0.142 e. The van der Waals surface area contributed by atoms with Gasteiger partial charge in [-0.05, 0) is 25.0 Å². The van der Waals surface area contributed by atoms with Crippen molar-refractivity contribution >= 4 is 11.6 Å². The average Bonchev–Trinajstić information content (AvgIpc) is 2.94. The third-order valence-corrected chi connectivity index (χ3v) is 3.16. The molecule has 1 aliphatic carbocycles. The molecule has 5 heteroatoms. The van der Waals surface area contributed by atoms with Crippen LogP contribution in [0.25, 0.3) is 0 Å². The van der Waals surface area contributed by atoms with E-state index in [2.05, 4.69) is 4.84 Å². The molecule has 0 bridgehead atoms. The van der Waals surface area contributed by atoms with E-state index in [1.54, 1.807) is 0 Å². The van der Waals surface area contributed by atoms with Gasteiger partial charge in [0.25, 0.3) is 0 Å². The van der Waals surface area contributed by atoms with Gasteiger partial charge in [-0.25, -0.2) is 14.7 Å². The molecule has 1 fully saturated rings. The van der Waals surface area contributed by atoms with Gasteiger partial charge in [-0.15, -0.1) is 0 Å². The van der Waals surface area contributed by atoms with E-state index in [1.807, 2.05) is 0 Å². The summed E-state index contributed by atoms with van der Waals surface area (Å²) in [5.41, 5.74) is -0.340. The van der Waals surface area contributed by atoms with Gasteiger partial charge in [-0.3, -0.25) is 0 Å². The van der Waals surface area contributed by atoms with Crippen LogP contribution < -0.4 is 5.90 Å². The lowest BCUT2D eigenvalue weighted by Gasteiger charge is -2.16. The Kier molecular flexibility index (Phi) is 2.66. The molecule has 2 nitrogen and oxygen atoms in total. The lowest BCUT2D eigenvalue weighted by atomic mass is 9.96. The van der Waals surface area contributed by atoms with Crippen LogP contribution in [0.15, 0.2) is 12.1 Å². The summed E-state index contributed by atoms with van der Waals surface area (Å²) in [5, 5.41) is -0.162. The number of hydrogen-bond donors (Lipinski definition) is 1. The van der Waals surface area contributed by atoms with Crippen LogP contribution in [-0.4, -0.2) is 6.61 Å². The molecule has 2 rings (SSSR count). The molecule has 0 aliphatic heterocycles. The highest BCUT2D eigenvalue weighted by Crippen LogP contribution is 2.51. The lowest BCUT2D eigenvalue weighted by Crippen LogP contribution is -2.20. The van der Waals surface area contributed by atoms with Gasteiger partial charge in [0.2, 0.25) is 0 Å². The fraction of sp³-hybridized carbons (Fsp3) is 0.400. The minimum absolute atomic E-state index is 0.160. The molecule has 0 spiro atoms. The minimum atomic E-state index is -0.614. The van der Waals surface area contributed by atoms with Crippen LogP contribution in [0.4, 0.5) is 8.78 Å². The van der Waals surface area contributed by atoms with E-state index in [0.717, 1.165) is 12.1 Å². The second kappa shape index (κ2) is 3.70. The SMILES string of the molecule is NOCC1(c2c(F)ccc(F)c2Cl)CC1. The summed E-state index contributed by atoms with van der Waals surface area (Å²) >= 11 is 5.75. The third kappa shape index (κ3) is 1.73. The second-order valence-electron chi connectivity index (χ2n) is 3.81. The fourth-order valence-corrected chi connectivity index (χ4v) is 2.14. The Hall–Kier alpha value is -0.710. The minimum Gasteiger partial charge on any atom is -0.304 e. The monoisotopic (exact) mass is 233 g/mol. The van der Waals surface area contributed by atoms with Crippen molar-refractivity contribution in [3.63, 3.8) is 0 Å². The molecule has 1 aromatic rings. The van der Waals surface area contributed by atoms with Gasteiger partial charge in [0.15, 0.2) is 0 Å². The molecule has 1 aromatic carbocycles. The molecular weight excluding hydrogens is 224 g/mol. The van der Waals surface area contributed by atoms with Crippen molar-refractivity contribution in [1.82, 2.24) is 0 Å². The molecule has 2 N–H and O–H groups in total. The first kappa shape index (κ1) is 10.8. The predicted molar refractivity (Wildman–Crippen MR) is 52.4 cm³/mol.